The third kappa shape index (κ3) is 5.33. The molecule has 0 aliphatic rings. The number of methoxy groups -OCH3 is 2. The number of benzene rings is 2. The number of amides is 1. The predicted molar refractivity (Wildman–Crippen MR) is 115 cm³/mol. The third-order valence-corrected chi connectivity index (χ3v) is 4.79. The first-order chi connectivity index (χ1) is 14.9. The van der Waals surface area contributed by atoms with Crippen LogP contribution in [-0.4, -0.2) is 36.4 Å². The van der Waals surface area contributed by atoms with Crippen LogP contribution in [0, 0.1) is 13.8 Å². The average molecular weight is 425 g/mol. The first kappa shape index (κ1) is 22.1. The zero-order valence-electron chi connectivity index (χ0n) is 18.4. The van der Waals surface area contributed by atoms with Gasteiger partial charge >= 0.3 is 0 Å². The molecule has 0 fully saturated rings. The van der Waals surface area contributed by atoms with Gasteiger partial charge in [-0.25, -0.2) is 0 Å². The van der Waals surface area contributed by atoms with Crippen LogP contribution < -0.4 is 19.5 Å². The van der Waals surface area contributed by atoms with Gasteiger partial charge in [0.15, 0.2) is 6.10 Å². The summed E-state index contributed by atoms with van der Waals surface area (Å²) in [4.78, 5) is 17.0. The molecule has 0 radical (unpaired) electrons. The summed E-state index contributed by atoms with van der Waals surface area (Å²) in [6, 6.07) is 11.2. The zero-order valence-corrected chi connectivity index (χ0v) is 18.4. The summed E-state index contributed by atoms with van der Waals surface area (Å²) in [5.74, 6) is 2.31. The van der Waals surface area contributed by atoms with Crippen molar-refractivity contribution in [2.75, 3.05) is 14.2 Å². The van der Waals surface area contributed by atoms with Gasteiger partial charge in [-0.05, 0) is 44.0 Å². The number of hydrogen-bond acceptors (Lipinski definition) is 7. The number of hydrogen-bond donors (Lipinski definition) is 1. The smallest absolute Gasteiger partial charge is 0.261 e. The first-order valence-corrected chi connectivity index (χ1v) is 10.0. The standard InChI is InChI=1S/C23H27N3O5/c1-6-18(30-19-10-7-14(2)11-15(19)3)23(27)24-13-21-25-22(26-31-21)17-9-8-16(28-4)12-20(17)29-5/h7-12,18H,6,13H2,1-5H3,(H,24,27). The molecule has 1 N–H and O–H groups in total. The lowest BCUT2D eigenvalue weighted by molar-refractivity contribution is -0.128. The van der Waals surface area contributed by atoms with Gasteiger partial charge in [0.05, 0.1) is 26.3 Å². The molecule has 31 heavy (non-hydrogen) atoms. The Kier molecular flexibility index (Phi) is 7.12. The lowest BCUT2D eigenvalue weighted by Crippen LogP contribution is -2.37. The van der Waals surface area contributed by atoms with Crippen LogP contribution in [0.15, 0.2) is 40.9 Å². The fourth-order valence-electron chi connectivity index (χ4n) is 3.10. The topological polar surface area (TPSA) is 95.7 Å². The molecule has 1 aromatic heterocycles. The maximum absolute atomic E-state index is 12.6. The van der Waals surface area contributed by atoms with E-state index in [-0.39, 0.29) is 18.3 Å². The molecule has 1 unspecified atom stereocenters. The van der Waals surface area contributed by atoms with Crippen molar-refractivity contribution in [2.45, 2.75) is 39.8 Å². The van der Waals surface area contributed by atoms with E-state index in [1.165, 1.54) is 0 Å². The van der Waals surface area contributed by atoms with Crippen molar-refractivity contribution in [3.8, 4) is 28.6 Å². The normalized spacial score (nSPS) is 11.6. The van der Waals surface area contributed by atoms with E-state index in [4.69, 9.17) is 18.7 Å². The Hall–Kier alpha value is -3.55. The van der Waals surface area contributed by atoms with Gasteiger partial charge in [-0.1, -0.05) is 29.8 Å². The van der Waals surface area contributed by atoms with Gasteiger partial charge in [0.2, 0.25) is 11.7 Å². The van der Waals surface area contributed by atoms with Gasteiger partial charge in [-0.15, -0.1) is 0 Å². The molecular weight excluding hydrogens is 398 g/mol. The molecule has 0 bridgehead atoms. The molecule has 164 valence electrons. The number of nitrogens with one attached hydrogen (secondary N) is 1. The molecule has 8 heteroatoms. The van der Waals surface area contributed by atoms with E-state index in [9.17, 15) is 4.79 Å². The maximum atomic E-state index is 12.6. The molecule has 0 aliphatic heterocycles. The van der Waals surface area contributed by atoms with Gasteiger partial charge in [0, 0.05) is 6.07 Å². The summed E-state index contributed by atoms with van der Waals surface area (Å²) in [5, 5.41) is 6.79. The van der Waals surface area contributed by atoms with Crippen LogP contribution in [0.3, 0.4) is 0 Å². The largest absolute Gasteiger partial charge is 0.497 e. The van der Waals surface area contributed by atoms with Crippen molar-refractivity contribution >= 4 is 5.91 Å². The second-order valence-corrected chi connectivity index (χ2v) is 7.08. The molecule has 0 aliphatic carbocycles. The van der Waals surface area contributed by atoms with Crippen LogP contribution in [0.1, 0.15) is 30.4 Å². The second kappa shape index (κ2) is 9.97. The number of carbonyl (C=O) groups is 1. The molecule has 0 saturated heterocycles. The Labute approximate surface area is 181 Å². The van der Waals surface area contributed by atoms with Crippen molar-refractivity contribution in [1.82, 2.24) is 15.5 Å². The fraction of sp³-hybridized carbons (Fsp3) is 0.348. The van der Waals surface area contributed by atoms with Gasteiger partial charge in [-0.3, -0.25) is 4.79 Å². The summed E-state index contributed by atoms with van der Waals surface area (Å²) < 4.78 is 21.8. The van der Waals surface area contributed by atoms with Crippen molar-refractivity contribution in [3.63, 3.8) is 0 Å². The first-order valence-electron chi connectivity index (χ1n) is 10.0. The lowest BCUT2D eigenvalue weighted by atomic mass is 10.1. The van der Waals surface area contributed by atoms with Gasteiger partial charge in [-0.2, -0.15) is 4.98 Å². The van der Waals surface area contributed by atoms with E-state index in [0.717, 1.165) is 11.1 Å². The Morgan fingerprint density at radius 2 is 1.90 bits per heavy atom. The molecule has 0 spiro atoms. The monoisotopic (exact) mass is 425 g/mol. The highest BCUT2D eigenvalue weighted by atomic mass is 16.5. The number of nitrogens with zero attached hydrogens (tertiary/aromatic N) is 2. The van der Waals surface area contributed by atoms with E-state index in [1.54, 1.807) is 32.4 Å². The maximum Gasteiger partial charge on any atom is 0.261 e. The number of rotatable bonds is 9. The summed E-state index contributed by atoms with van der Waals surface area (Å²) in [6.45, 7) is 5.97. The van der Waals surface area contributed by atoms with E-state index in [1.807, 2.05) is 39.0 Å². The van der Waals surface area contributed by atoms with Crippen molar-refractivity contribution < 1.29 is 23.5 Å². The molecule has 8 nitrogen and oxygen atoms in total. The minimum Gasteiger partial charge on any atom is -0.497 e. The summed E-state index contributed by atoms with van der Waals surface area (Å²) in [5.41, 5.74) is 2.79. The van der Waals surface area contributed by atoms with Crippen LogP contribution in [-0.2, 0) is 11.3 Å². The van der Waals surface area contributed by atoms with Crippen LogP contribution in [0.2, 0.25) is 0 Å². The molecule has 3 aromatic rings. The van der Waals surface area contributed by atoms with Crippen LogP contribution in [0.4, 0.5) is 0 Å². The zero-order chi connectivity index (χ0) is 22.4. The van der Waals surface area contributed by atoms with E-state index >= 15 is 0 Å². The highest BCUT2D eigenvalue weighted by molar-refractivity contribution is 5.81. The Balaban J connectivity index is 1.65. The molecule has 1 atom stereocenters. The predicted octanol–water partition coefficient (Wildman–Crippen LogP) is 3.84. The third-order valence-electron chi connectivity index (χ3n) is 4.79. The molecule has 0 saturated carbocycles. The molecule has 2 aromatic carbocycles. The number of carbonyl (C=O) groups excluding carboxylic acids is 1. The van der Waals surface area contributed by atoms with Crippen LogP contribution >= 0.6 is 0 Å². The highest BCUT2D eigenvalue weighted by Gasteiger charge is 2.20. The Morgan fingerprint density at radius 3 is 2.58 bits per heavy atom. The quantitative estimate of drug-likeness (QED) is 0.556. The fourth-order valence-corrected chi connectivity index (χ4v) is 3.10. The molecule has 3 rings (SSSR count). The van der Waals surface area contributed by atoms with Gasteiger partial charge in [0.25, 0.3) is 5.91 Å². The van der Waals surface area contributed by atoms with Gasteiger partial charge < -0.3 is 24.1 Å². The summed E-state index contributed by atoms with van der Waals surface area (Å²) in [7, 11) is 3.14. The lowest BCUT2D eigenvalue weighted by Gasteiger charge is -2.18. The van der Waals surface area contributed by atoms with Crippen LogP contribution in [0.5, 0.6) is 17.2 Å². The number of aromatic nitrogens is 2. The molecule has 1 amide bonds. The SMILES string of the molecule is CCC(Oc1ccc(C)cc1C)C(=O)NCc1nc(-c2ccc(OC)cc2OC)no1. The number of aryl methyl sites for hydroxylation is 2. The number of ether oxygens (including phenoxy) is 3. The van der Waals surface area contributed by atoms with Crippen LogP contribution in [0.25, 0.3) is 11.4 Å². The van der Waals surface area contributed by atoms with Crippen molar-refractivity contribution in [2.24, 2.45) is 0 Å². The summed E-state index contributed by atoms with van der Waals surface area (Å²) in [6.07, 6.45) is -0.0948. The minimum absolute atomic E-state index is 0.0943. The van der Waals surface area contributed by atoms with E-state index in [2.05, 4.69) is 15.5 Å². The summed E-state index contributed by atoms with van der Waals surface area (Å²) >= 11 is 0. The Morgan fingerprint density at radius 1 is 1.10 bits per heavy atom. The van der Waals surface area contributed by atoms with Crippen molar-refractivity contribution in [1.29, 1.82) is 0 Å². The molecular formula is C23H27N3O5. The average Bonchev–Trinajstić information content (AvgIpc) is 3.25. The van der Waals surface area contributed by atoms with E-state index in [0.29, 0.717) is 35.1 Å². The molecule has 1 heterocycles. The van der Waals surface area contributed by atoms with E-state index < -0.39 is 6.10 Å². The minimum atomic E-state index is -0.620. The Bertz CT molecular complexity index is 1050. The highest BCUT2D eigenvalue weighted by Crippen LogP contribution is 2.31. The van der Waals surface area contributed by atoms with Gasteiger partial charge in [0.1, 0.15) is 17.2 Å². The van der Waals surface area contributed by atoms with Crippen molar-refractivity contribution in [3.05, 3.63) is 53.4 Å². The second-order valence-electron chi connectivity index (χ2n) is 7.08.